The zero-order chi connectivity index (χ0) is 13.1. The van der Waals surface area contributed by atoms with Crippen LogP contribution in [0, 0.1) is 17.1 Å². The summed E-state index contributed by atoms with van der Waals surface area (Å²) < 4.78 is 14.2. The van der Waals surface area contributed by atoms with E-state index in [0.717, 1.165) is 25.7 Å². The minimum atomic E-state index is -0.424. The maximum absolute atomic E-state index is 14.0. The maximum atomic E-state index is 14.0. The van der Waals surface area contributed by atoms with Crippen molar-refractivity contribution in [1.82, 2.24) is 0 Å². The van der Waals surface area contributed by atoms with E-state index < -0.39 is 5.82 Å². The Morgan fingerprint density at radius 1 is 1.39 bits per heavy atom. The number of hydrogen-bond donors (Lipinski definition) is 2. The lowest BCUT2D eigenvalue weighted by molar-refractivity contribution is 0.402. The number of nitrogens with two attached hydrogens (primary N) is 1. The first-order valence-corrected chi connectivity index (χ1v) is 6.83. The smallest absolute Gasteiger partial charge is 0.161 e. The topological polar surface area (TPSA) is 61.8 Å². The van der Waals surface area contributed by atoms with Crippen LogP contribution in [0.3, 0.4) is 0 Å². The Balaban J connectivity index is 2.19. The fourth-order valence-corrected chi connectivity index (χ4v) is 2.72. The predicted octanol–water partition coefficient (Wildman–Crippen LogP) is 3.14. The van der Waals surface area contributed by atoms with Gasteiger partial charge in [-0.25, -0.2) is 4.39 Å². The first kappa shape index (κ1) is 13.3. The molecule has 0 heterocycles. The first-order chi connectivity index (χ1) is 8.63. The summed E-state index contributed by atoms with van der Waals surface area (Å²) in [6.07, 6.45) is 4.18. The molecule has 0 radical (unpaired) electrons. The molecule has 5 heteroatoms. The highest BCUT2D eigenvalue weighted by molar-refractivity contribution is 9.10. The van der Waals surface area contributed by atoms with Crippen LogP contribution in [-0.2, 0) is 0 Å². The Kier molecular flexibility index (Phi) is 4.20. The van der Waals surface area contributed by atoms with Gasteiger partial charge in [-0.3, -0.25) is 0 Å². The van der Waals surface area contributed by atoms with E-state index in [9.17, 15) is 4.39 Å². The summed E-state index contributed by atoms with van der Waals surface area (Å²) in [5.74, 6) is -0.424. The molecule has 0 unspecified atom stereocenters. The van der Waals surface area contributed by atoms with Gasteiger partial charge in [-0.2, -0.15) is 5.26 Å². The monoisotopic (exact) mass is 311 g/mol. The standard InChI is InChI=1S/C13H15BrFN3/c14-12-8(7-16)5-6-11(13(12)15)18-10-4-2-1-3-9(10)17/h5-6,9-10,18H,1-4,17H2/t9-,10-/m1/s1. The molecule has 1 aliphatic carbocycles. The van der Waals surface area contributed by atoms with E-state index >= 15 is 0 Å². The highest BCUT2D eigenvalue weighted by Gasteiger charge is 2.23. The van der Waals surface area contributed by atoms with E-state index in [2.05, 4.69) is 21.2 Å². The molecule has 0 bridgehead atoms. The molecule has 0 saturated heterocycles. The zero-order valence-corrected chi connectivity index (χ0v) is 11.5. The molecule has 0 aromatic heterocycles. The van der Waals surface area contributed by atoms with Gasteiger partial charge in [0.05, 0.1) is 15.7 Å². The fraction of sp³-hybridized carbons (Fsp3) is 0.462. The van der Waals surface area contributed by atoms with E-state index in [-0.39, 0.29) is 16.6 Å². The second-order valence-electron chi connectivity index (χ2n) is 4.60. The minimum Gasteiger partial charge on any atom is -0.378 e. The third kappa shape index (κ3) is 2.65. The molecule has 1 aromatic rings. The molecule has 0 aliphatic heterocycles. The van der Waals surface area contributed by atoms with E-state index in [1.165, 1.54) is 0 Å². The number of halogens is 2. The lowest BCUT2D eigenvalue weighted by Gasteiger charge is -2.30. The van der Waals surface area contributed by atoms with Crippen molar-refractivity contribution >= 4 is 21.6 Å². The van der Waals surface area contributed by atoms with Gasteiger partial charge in [0.2, 0.25) is 0 Å². The van der Waals surface area contributed by atoms with Crippen molar-refractivity contribution in [3.63, 3.8) is 0 Å². The van der Waals surface area contributed by atoms with Gasteiger partial charge in [0, 0.05) is 12.1 Å². The molecule has 1 fully saturated rings. The third-order valence-electron chi connectivity index (χ3n) is 3.36. The number of nitrogens with one attached hydrogen (secondary N) is 1. The van der Waals surface area contributed by atoms with Crippen LogP contribution in [-0.4, -0.2) is 12.1 Å². The van der Waals surface area contributed by atoms with Crippen LogP contribution in [0.5, 0.6) is 0 Å². The molecule has 2 rings (SSSR count). The van der Waals surface area contributed by atoms with Crippen molar-refractivity contribution < 1.29 is 4.39 Å². The number of benzene rings is 1. The Morgan fingerprint density at radius 2 is 2.11 bits per heavy atom. The number of rotatable bonds is 2. The normalized spacial score (nSPS) is 23.4. The highest BCUT2D eigenvalue weighted by Crippen LogP contribution is 2.29. The molecule has 96 valence electrons. The second kappa shape index (κ2) is 5.68. The van der Waals surface area contributed by atoms with Gasteiger partial charge in [-0.05, 0) is 40.9 Å². The summed E-state index contributed by atoms with van der Waals surface area (Å²) in [5.41, 5.74) is 6.72. The molecular formula is C13H15BrFN3. The van der Waals surface area contributed by atoms with Gasteiger partial charge in [0.25, 0.3) is 0 Å². The van der Waals surface area contributed by atoms with Crippen LogP contribution >= 0.6 is 15.9 Å². The van der Waals surface area contributed by atoms with Crippen LogP contribution in [0.4, 0.5) is 10.1 Å². The van der Waals surface area contributed by atoms with Crippen LogP contribution < -0.4 is 11.1 Å². The zero-order valence-electron chi connectivity index (χ0n) is 9.92. The van der Waals surface area contributed by atoms with Gasteiger partial charge in [-0.1, -0.05) is 12.8 Å². The molecule has 3 N–H and O–H groups in total. The molecule has 3 nitrogen and oxygen atoms in total. The Bertz CT molecular complexity index is 484. The van der Waals surface area contributed by atoms with Crippen molar-refractivity contribution in [3.05, 3.63) is 28.0 Å². The summed E-state index contributed by atoms with van der Waals surface area (Å²) in [6, 6.07) is 5.30. The van der Waals surface area contributed by atoms with Crippen molar-refractivity contribution in [2.45, 2.75) is 37.8 Å². The van der Waals surface area contributed by atoms with Crippen molar-refractivity contribution in [1.29, 1.82) is 5.26 Å². The SMILES string of the molecule is N#Cc1ccc(N[C@@H]2CCCC[C@H]2N)c(F)c1Br. The summed E-state index contributed by atoms with van der Waals surface area (Å²) in [6.45, 7) is 0. The highest BCUT2D eigenvalue weighted by atomic mass is 79.9. The lowest BCUT2D eigenvalue weighted by Crippen LogP contribution is -2.42. The van der Waals surface area contributed by atoms with Crippen LogP contribution in [0.1, 0.15) is 31.2 Å². The number of nitriles is 1. The summed E-state index contributed by atoms with van der Waals surface area (Å²) >= 11 is 3.10. The third-order valence-corrected chi connectivity index (χ3v) is 4.14. The summed E-state index contributed by atoms with van der Waals surface area (Å²) in [4.78, 5) is 0. The molecule has 1 aliphatic rings. The Morgan fingerprint density at radius 3 is 2.78 bits per heavy atom. The van der Waals surface area contributed by atoms with E-state index in [1.807, 2.05) is 6.07 Å². The van der Waals surface area contributed by atoms with Gasteiger partial charge in [-0.15, -0.1) is 0 Å². The average molecular weight is 312 g/mol. The lowest BCUT2D eigenvalue weighted by atomic mass is 9.91. The Labute approximate surface area is 114 Å². The van der Waals surface area contributed by atoms with E-state index in [1.54, 1.807) is 12.1 Å². The van der Waals surface area contributed by atoms with E-state index in [0.29, 0.717) is 11.3 Å². The van der Waals surface area contributed by atoms with Gasteiger partial charge >= 0.3 is 0 Å². The fourth-order valence-electron chi connectivity index (χ4n) is 2.29. The van der Waals surface area contributed by atoms with Gasteiger partial charge < -0.3 is 11.1 Å². The van der Waals surface area contributed by atoms with Crippen molar-refractivity contribution in [3.8, 4) is 6.07 Å². The van der Waals surface area contributed by atoms with Crippen LogP contribution in [0.2, 0.25) is 0 Å². The molecule has 1 aromatic carbocycles. The first-order valence-electron chi connectivity index (χ1n) is 6.03. The minimum absolute atomic E-state index is 0.0626. The van der Waals surface area contributed by atoms with Crippen LogP contribution in [0.25, 0.3) is 0 Å². The van der Waals surface area contributed by atoms with E-state index in [4.69, 9.17) is 11.0 Å². The predicted molar refractivity (Wildman–Crippen MR) is 72.7 cm³/mol. The number of nitrogens with zero attached hydrogens (tertiary/aromatic N) is 1. The van der Waals surface area contributed by atoms with Crippen molar-refractivity contribution in [2.24, 2.45) is 5.73 Å². The number of hydrogen-bond acceptors (Lipinski definition) is 3. The summed E-state index contributed by atoms with van der Waals surface area (Å²) in [7, 11) is 0. The number of anilines is 1. The Hall–Kier alpha value is -1.12. The maximum Gasteiger partial charge on any atom is 0.161 e. The van der Waals surface area contributed by atoms with Crippen LogP contribution in [0.15, 0.2) is 16.6 Å². The largest absolute Gasteiger partial charge is 0.378 e. The quantitative estimate of drug-likeness (QED) is 0.882. The molecule has 18 heavy (non-hydrogen) atoms. The molecule has 0 amide bonds. The van der Waals surface area contributed by atoms with Gasteiger partial charge in [0.15, 0.2) is 5.82 Å². The summed E-state index contributed by atoms with van der Waals surface area (Å²) in [5, 5.41) is 12.0. The molecule has 2 atom stereocenters. The van der Waals surface area contributed by atoms with Crippen molar-refractivity contribution in [2.75, 3.05) is 5.32 Å². The molecule has 0 spiro atoms. The molecule has 1 saturated carbocycles. The average Bonchev–Trinajstić information content (AvgIpc) is 2.38. The molecular weight excluding hydrogens is 297 g/mol. The second-order valence-corrected chi connectivity index (χ2v) is 5.39. The van der Waals surface area contributed by atoms with Gasteiger partial charge in [0.1, 0.15) is 6.07 Å².